The molecule has 0 radical (unpaired) electrons. The summed E-state index contributed by atoms with van der Waals surface area (Å²) in [5.41, 5.74) is 2.72. The Morgan fingerprint density at radius 1 is 0.769 bits per heavy atom. The number of nitrogens with one attached hydrogen (secondary N) is 1. The lowest BCUT2D eigenvalue weighted by molar-refractivity contribution is 0.303. The topological polar surface area (TPSA) is 21.3 Å². The van der Waals surface area contributed by atoms with Crippen LogP contribution in [0.1, 0.15) is 11.1 Å². The molecule has 0 atom stereocenters. The molecule has 3 rings (SSSR count). The lowest BCUT2D eigenvalue weighted by Gasteiger charge is -2.14. The maximum Gasteiger partial charge on any atom is 0.124 e. The Kier molecular flexibility index (Phi) is 6.55. The van der Waals surface area contributed by atoms with E-state index in [4.69, 9.17) is 51.1 Å². The molecule has 0 aliphatic rings. The Balaban J connectivity index is 1.69. The molecule has 0 bridgehead atoms. The molecule has 0 saturated heterocycles. The van der Waals surface area contributed by atoms with E-state index in [1.807, 2.05) is 30.3 Å². The van der Waals surface area contributed by atoms with Gasteiger partial charge in [-0.1, -0.05) is 70.7 Å². The average Bonchev–Trinajstić information content (AvgIpc) is 2.64. The summed E-state index contributed by atoms with van der Waals surface area (Å²) in [6.07, 6.45) is 0. The first kappa shape index (κ1) is 19.2. The highest BCUT2D eigenvalue weighted by Gasteiger charge is 2.07. The second-order valence-corrected chi connectivity index (χ2v) is 7.28. The van der Waals surface area contributed by atoms with Crippen molar-refractivity contribution in [1.29, 1.82) is 0 Å². The molecule has 2 nitrogen and oxygen atoms in total. The lowest BCUT2D eigenvalue weighted by atomic mass is 10.2. The van der Waals surface area contributed by atoms with Crippen LogP contribution in [-0.4, -0.2) is 0 Å². The number of rotatable bonds is 6. The van der Waals surface area contributed by atoms with Gasteiger partial charge in [0.05, 0.1) is 20.8 Å². The first-order valence-electron chi connectivity index (χ1n) is 7.86. The third-order valence-electron chi connectivity index (χ3n) is 3.75. The second-order valence-electron chi connectivity index (χ2n) is 5.62. The molecule has 3 aromatic rings. The van der Waals surface area contributed by atoms with Gasteiger partial charge in [-0.05, 0) is 42.0 Å². The third-order valence-corrected chi connectivity index (χ3v) is 5.05. The molecule has 0 aliphatic heterocycles. The van der Waals surface area contributed by atoms with Crippen molar-refractivity contribution in [3.63, 3.8) is 0 Å². The standard InChI is InChI=1S/C20H15Cl4NO/c21-15-6-8-17(23)19(10-15)25-11-14-3-1-2-4-20(14)26-12-13-5-7-16(22)18(24)9-13/h1-10,25H,11-12H2. The minimum absolute atomic E-state index is 0.395. The molecule has 0 heterocycles. The van der Waals surface area contributed by atoms with E-state index in [9.17, 15) is 0 Å². The van der Waals surface area contributed by atoms with Crippen molar-refractivity contribution in [1.82, 2.24) is 0 Å². The summed E-state index contributed by atoms with van der Waals surface area (Å²) in [6, 6.07) is 18.6. The Hall–Kier alpha value is -1.58. The van der Waals surface area contributed by atoms with Gasteiger partial charge >= 0.3 is 0 Å². The van der Waals surface area contributed by atoms with Crippen molar-refractivity contribution in [2.24, 2.45) is 0 Å². The molecule has 0 aliphatic carbocycles. The highest BCUT2D eigenvalue weighted by Crippen LogP contribution is 2.28. The van der Waals surface area contributed by atoms with Crippen LogP contribution in [0.15, 0.2) is 60.7 Å². The van der Waals surface area contributed by atoms with Crippen molar-refractivity contribution in [2.45, 2.75) is 13.2 Å². The highest BCUT2D eigenvalue weighted by molar-refractivity contribution is 6.42. The van der Waals surface area contributed by atoms with Crippen LogP contribution in [0, 0.1) is 0 Å². The van der Waals surface area contributed by atoms with Crippen LogP contribution in [0.5, 0.6) is 5.75 Å². The molecule has 0 amide bonds. The number of hydrogen-bond donors (Lipinski definition) is 1. The SMILES string of the molecule is Clc1ccc(Cl)c(NCc2ccccc2OCc2ccc(Cl)c(Cl)c2)c1. The molecule has 26 heavy (non-hydrogen) atoms. The predicted molar refractivity (Wildman–Crippen MR) is 111 cm³/mol. The summed E-state index contributed by atoms with van der Waals surface area (Å²) in [6.45, 7) is 0.948. The molecular weight excluding hydrogens is 412 g/mol. The van der Waals surface area contributed by atoms with Gasteiger partial charge in [-0.3, -0.25) is 0 Å². The normalized spacial score (nSPS) is 10.6. The molecule has 1 N–H and O–H groups in total. The maximum atomic E-state index is 6.20. The summed E-state index contributed by atoms with van der Waals surface area (Å²) in [5, 5.41) is 5.57. The molecule has 0 fully saturated rings. The van der Waals surface area contributed by atoms with E-state index >= 15 is 0 Å². The summed E-state index contributed by atoms with van der Waals surface area (Å²) < 4.78 is 5.96. The van der Waals surface area contributed by atoms with Crippen molar-refractivity contribution in [3.05, 3.63) is 91.9 Å². The van der Waals surface area contributed by atoms with Crippen molar-refractivity contribution < 1.29 is 4.74 Å². The van der Waals surface area contributed by atoms with Crippen molar-refractivity contribution in [3.8, 4) is 5.75 Å². The fraction of sp³-hybridized carbons (Fsp3) is 0.100. The summed E-state index contributed by atoms with van der Waals surface area (Å²) >= 11 is 24.2. The van der Waals surface area contributed by atoms with Crippen LogP contribution in [-0.2, 0) is 13.2 Å². The van der Waals surface area contributed by atoms with Gasteiger partial charge in [0, 0.05) is 17.1 Å². The summed E-state index contributed by atoms with van der Waals surface area (Å²) in [7, 11) is 0. The third kappa shape index (κ3) is 4.99. The fourth-order valence-corrected chi connectivity index (χ4v) is 3.08. The van der Waals surface area contributed by atoms with Crippen LogP contribution < -0.4 is 10.1 Å². The molecule has 0 aromatic heterocycles. The molecular formula is C20H15Cl4NO. The predicted octanol–water partition coefficient (Wildman–Crippen LogP) is 7.49. The Labute approximate surface area is 172 Å². The molecule has 0 saturated carbocycles. The number of hydrogen-bond acceptors (Lipinski definition) is 2. The van der Waals surface area contributed by atoms with Gasteiger partial charge in [-0.2, -0.15) is 0 Å². The van der Waals surface area contributed by atoms with Gasteiger partial charge < -0.3 is 10.1 Å². The maximum absolute atomic E-state index is 6.20. The fourth-order valence-electron chi connectivity index (χ4n) is 2.40. The Morgan fingerprint density at radius 2 is 1.54 bits per heavy atom. The van der Waals surface area contributed by atoms with E-state index in [2.05, 4.69) is 5.32 Å². The number of para-hydroxylation sites is 1. The second kappa shape index (κ2) is 8.88. The van der Waals surface area contributed by atoms with E-state index in [0.29, 0.717) is 33.2 Å². The van der Waals surface area contributed by atoms with Gasteiger partial charge in [0.15, 0.2) is 0 Å². The zero-order valence-corrected chi connectivity index (χ0v) is 16.6. The highest BCUT2D eigenvalue weighted by atomic mass is 35.5. The van der Waals surface area contributed by atoms with Crippen LogP contribution in [0.2, 0.25) is 20.1 Å². The van der Waals surface area contributed by atoms with Gasteiger partial charge in [0.1, 0.15) is 12.4 Å². The van der Waals surface area contributed by atoms with Gasteiger partial charge in [0.2, 0.25) is 0 Å². The number of ether oxygens (including phenoxy) is 1. The minimum Gasteiger partial charge on any atom is -0.489 e. The van der Waals surface area contributed by atoms with E-state index in [1.54, 1.807) is 30.3 Å². The van der Waals surface area contributed by atoms with E-state index < -0.39 is 0 Å². The van der Waals surface area contributed by atoms with E-state index in [-0.39, 0.29) is 0 Å². The van der Waals surface area contributed by atoms with Crippen LogP contribution >= 0.6 is 46.4 Å². The van der Waals surface area contributed by atoms with Crippen molar-refractivity contribution >= 4 is 52.1 Å². The monoisotopic (exact) mass is 425 g/mol. The summed E-state index contributed by atoms with van der Waals surface area (Å²) in [4.78, 5) is 0. The zero-order chi connectivity index (χ0) is 18.5. The van der Waals surface area contributed by atoms with Gasteiger partial charge in [-0.25, -0.2) is 0 Å². The average molecular weight is 427 g/mol. The molecule has 134 valence electrons. The van der Waals surface area contributed by atoms with E-state index in [1.165, 1.54) is 0 Å². The smallest absolute Gasteiger partial charge is 0.124 e. The number of anilines is 1. The molecule has 0 unspecified atom stereocenters. The zero-order valence-electron chi connectivity index (χ0n) is 13.6. The van der Waals surface area contributed by atoms with Crippen LogP contribution in [0.3, 0.4) is 0 Å². The Morgan fingerprint density at radius 3 is 2.35 bits per heavy atom. The molecule has 6 heteroatoms. The minimum atomic E-state index is 0.395. The molecule has 0 spiro atoms. The summed E-state index contributed by atoms with van der Waals surface area (Å²) in [5.74, 6) is 0.782. The first-order valence-corrected chi connectivity index (χ1v) is 9.37. The quantitative estimate of drug-likeness (QED) is 0.440. The number of benzene rings is 3. The van der Waals surface area contributed by atoms with Crippen LogP contribution in [0.4, 0.5) is 5.69 Å². The van der Waals surface area contributed by atoms with Gasteiger partial charge in [0.25, 0.3) is 0 Å². The lowest BCUT2D eigenvalue weighted by Crippen LogP contribution is -2.04. The van der Waals surface area contributed by atoms with Crippen LogP contribution in [0.25, 0.3) is 0 Å². The van der Waals surface area contributed by atoms with Crippen molar-refractivity contribution in [2.75, 3.05) is 5.32 Å². The van der Waals surface area contributed by atoms with Gasteiger partial charge in [-0.15, -0.1) is 0 Å². The Bertz CT molecular complexity index is 914. The molecule has 3 aromatic carbocycles. The largest absolute Gasteiger partial charge is 0.489 e. The first-order chi connectivity index (χ1) is 12.5. The van der Waals surface area contributed by atoms with E-state index in [0.717, 1.165) is 22.6 Å². The number of halogens is 4.